The lowest BCUT2D eigenvalue weighted by Gasteiger charge is -2.34. The lowest BCUT2D eigenvalue weighted by molar-refractivity contribution is -0.129. The molecule has 0 atom stereocenters. The van der Waals surface area contributed by atoms with Crippen molar-refractivity contribution >= 4 is 41.2 Å². The predicted molar refractivity (Wildman–Crippen MR) is 106 cm³/mol. The van der Waals surface area contributed by atoms with Gasteiger partial charge in [0.25, 0.3) is 0 Å². The van der Waals surface area contributed by atoms with Crippen LogP contribution >= 0.6 is 23.4 Å². The molecular weight excluding hydrogens is 406 g/mol. The minimum absolute atomic E-state index is 0.00925. The Hall–Kier alpha value is -1.78. The number of amides is 2. The molecule has 9 nitrogen and oxygen atoms in total. The van der Waals surface area contributed by atoms with E-state index in [4.69, 9.17) is 21.1 Å². The molecule has 154 valence electrons. The molecule has 28 heavy (non-hydrogen) atoms. The van der Waals surface area contributed by atoms with Crippen LogP contribution in [-0.4, -0.2) is 96.6 Å². The number of anilines is 1. The number of ether oxygens (including phenoxy) is 2. The average molecular weight is 430 g/mol. The highest BCUT2D eigenvalue weighted by Gasteiger charge is 2.25. The third kappa shape index (κ3) is 5.62. The van der Waals surface area contributed by atoms with Crippen LogP contribution in [-0.2, 0) is 14.3 Å². The lowest BCUT2D eigenvalue weighted by atomic mass is 10.3. The van der Waals surface area contributed by atoms with Gasteiger partial charge in [0.1, 0.15) is 11.0 Å². The summed E-state index contributed by atoms with van der Waals surface area (Å²) >= 11 is 7.41. The smallest absolute Gasteiger partial charge is 0.409 e. The molecule has 0 radical (unpaired) electrons. The van der Waals surface area contributed by atoms with Gasteiger partial charge < -0.3 is 24.2 Å². The molecule has 1 aromatic rings. The monoisotopic (exact) mass is 429 g/mol. The number of aromatic nitrogens is 2. The van der Waals surface area contributed by atoms with Gasteiger partial charge in [-0.15, -0.1) is 0 Å². The molecule has 2 aliphatic rings. The van der Waals surface area contributed by atoms with Crippen LogP contribution in [0.2, 0.25) is 5.15 Å². The lowest BCUT2D eigenvalue weighted by Crippen LogP contribution is -2.51. The molecule has 3 rings (SSSR count). The quantitative estimate of drug-likeness (QED) is 0.394. The van der Waals surface area contributed by atoms with E-state index >= 15 is 0 Å². The van der Waals surface area contributed by atoms with E-state index in [0.717, 1.165) is 18.9 Å². The van der Waals surface area contributed by atoms with Crippen molar-refractivity contribution in [2.75, 3.05) is 69.7 Å². The molecule has 0 aromatic carbocycles. The summed E-state index contributed by atoms with van der Waals surface area (Å²) in [7, 11) is 0. The summed E-state index contributed by atoms with van der Waals surface area (Å²) in [6.07, 6.45) is -0.327. The maximum absolute atomic E-state index is 12.5. The van der Waals surface area contributed by atoms with Crippen molar-refractivity contribution in [2.45, 2.75) is 12.1 Å². The summed E-state index contributed by atoms with van der Waals surface area (Å²) in [5, 5.41) is 0.835. The van der Waals surface area contributed by atoms with Gasteiger partial charge in [-0.05, 0) is 6.92 Å². The molecule has 2 saturated heterocycles. The second kappa shape index (κ2) is 10.1. The summed E-state index contributed by atoms with van der Waals surface area (Å²) in [6.45, 7) is 6.87. The van der Waals surface area contributed by atoms with Gasteiger partial charge in [0, 0.05) is 45.3 Å². The zero-order valence-corrected chi connectivity index (χ0v) is 17.4. The van der Waals surface area contributed by atoms with Gasteiger partial charge in [-0.1, -0.05) is 23.4 Å². The maximum Gasteiger partial charge on any atom is 0.409 e. The third-order valence-electron chi connectivity index (χ3n) is 4.48. The van der Waals surface area contributed by atoms with E-state index in [1.165, 1.54) is 11.8 Å². The second-order valence-electron chi connectivity index (χ2n) is 6.29. The minimum atomic E-state index is -0.327. The topological polar surface area (TPSA) is 88.1 Å². The third-order valence-corrected chi connectivity index (χ3v) is 5.50. The molecule has 0 N–H and O–H groups in total. The Labute approximate surface area is 173 Å². The van der Waals surface area contributed by atoms with Crippen LogP contribution in [0, 0.1) is 0 Å². The highest BCUT2D eigenvalue weighted by Crippen LogP contribution is 2.23. The zero-order valence-electron chi connectivity index (χ0n) is 15.8. The predicted octanol–water partition coefficient (Wildman–Crippen LogP) is 1.36. The number of thioether (sulfide) groups is 1. The van der Waals surface area contributed by atoms with Crippen LogP contribution in [0.3, 0.4) is 0 Å². The molecule has 3 heterocycles. The standard InChI is InChI=1S/C17H24ClN5O4S/c1-2-27-17(25)23-5-3-22(4-6-23)15(24)12-28-16-19-13(18)11-14(20-16)21-7-9-26-10-8-21/h11H,2-10,12H2,1H3. The van der Waals surface area contributed by atoms with Crippen molar-refractivity contribution in [1.82, 2.24) is 19.8 Å². The van der Waals surface area contributed by atoms with Gasteiger partial charge in [-0.2, -0.15) is 0 Å². The van der Waals surface area contributed by atoms with Gasteiger partial charge in [-0.3, -0.25) is 4.79 Å². The fourth-order valence-corrected chi connectivity index (χ4v) is 3.96. The number of halogens is 1. The minimum Gasteiger partial charge on any atom is -0.450 e. The van der Waals surface area contributed by atoms with Crippen molar-refractivity contribution in [3.63, 3.8) is 0 Å². The Balaban J connectivity index is 1.51. The fourth-order valence-electron chi connectivity index (χ4n) is 2.98. The first-order chi connectivity index (χ1) is 13.6. The van der Waals surface area contributed by atoms with Crippen LogP contribution in [0.15, 0.2) is 11.2 Å². The zero-order chi connectivity index (χ0) is 19.9. The molecule has 0 aliphatic carbocycles. The first-order valence-electron chi connectivity index (χ1n) is 9.26. The number of piperazine rings is 1. The van der Waals surface area contributed by atoms with Gasteiger partial charge in [0.15, 0.2) is 5.16 Å². The highest BCUT2D eigenvalue weighted by atomic mass is 35.5. The van der Waals surface area contributed by atoms with Crippen LogP contribution < -0.4 is 4.90 Å². The van der Waals surface area contributed by atoms with E-state index in [9.17, 15) is 9.59 Å². The first-order valence-corrected chi connectivity index (χ1v) is 10.6. The molecule has 11 heteroatoms. The molecule has 0 unspecified atom stereocenters. The summed E-state index contributed by atoms with van der Waals surface area (Å²) in [5.41, 5.74) is 0. The van der Waals surface area contributed by atoms with Gasteiger partial charge >= 0.3 is 6.09 Å². The second-order valence-corrected chi connectivity index (χ2v) is 7.62. The van der Waals surface area contributed by atoms with Crippen LogP contribution in [0.1, 0.15) is 6.92 Å². The van der Waals surface area contributed by atoms with E-state index < -0.39 is 0 Å². The number of nitrogens with zero attached hydrogens (tertiary/aromatic N) is 5. The van der Waals surface area contributed by atoms with Gasteiger partial charge in [-0.25, -0.2) is 14.8 Å². The number of carbonyl (C=O) groups is 2. The van der Waals surface area contributed by atoms with E-state index in [1.807, 2.05) is 0 Å². The largest absolute Gasteiger partial charge is 0.450 e. The Morgan fingerprint density at radius 1 is 1.14 bits per heavy atom. The Kier molecular flexibility index (Phi) is 7.57. The average Bonchev–Trinajstić information content (AvgIpc) is 2.72. The molecule has 2 aliphatic heterocycles. The summed E-state index contributed by atoms with van der Waals surface area (Å²) in [5.74, 6) is 0.966. The summed E-state index contributed by atoms with van der Waals surface area (Å²) in [4.78, 5) is 38.4. The molecular formula is C17H24ClN5O4S. The van der Waals surface area contributed by atoms with Crippen molar-refractivity contribution in [3.8, 4) is 0 Å². The van der Waals surface area contributed by atoms with Crippen molar-refractivity contribution in [2.24, 2.45) is 0 Å². The summed E-state index contributed by atoms with van der Waals surface area (Å²) < 4.78 is 10.4. The Morgan fingerprint density at radius 2 is 1.82 bits per heavy atom. The van der Waals surface area contributed by atoms with Crippen LogP contribution in [0.4, 0.5) is 10.6 Å². The van der Waals surface area contributed by atoms with Gasteiger partial charge in [0.2, 0.25) is 5.91 Å². The van der Waals surface area contributed by atoms with E-state index in [2.05, 4.69) is 14.9 Å². The van der Waals surface area contributed by atoms with Gasteiger partial charge in [0.05, 0.1) is 25.6 Å². The van der Waals surface area contributed by atoms with Crippen molar-refractivity contribution in [1.29, 1.82) is 0 Å². The molecule has 0 saturated carbocycles. The molecule has 0 bridgehead atoms. The number of morpholine rings is 1. The fraction of sp³-hybridized carbons (Fsp3) is 0.647. The Bertz CT molecular complexity index is 696. The highest BCUT2D eigenvalue weighted by molar-refractivity contribution is 7.99. The van der Waals surface area contributed by atoms with Crippen molar-refractivity contribution in [3.05, 3.63) is 11.2 Å². The molecule has 0 spiro atoms. The molecule has 2 amide bonds. The summed E-state index contributed by atoms with van der Waals surface area (Å²) in [6, 6.07) is 1.73. The van der Waals surface area contributed by atoms with Crippen LogP contribution in [0.25, 0.3) is 0 Å². The van der Waals surface area contributed by atoms with E-state index in [1.54, 1.807) is 22.8 Å². The molecule has 2 fully saturated rings. The number of hydrogen-bond donors (Lipinski definition) is 0. The maximum atomic E-state index is 12.5. The van der Waals surface area contributed by atoms with Crippen LogP contribution in [0.5, 0.6) is 0 Å². The van der Waals surface area contributed by atoms with E-state index in [0.29, 0.717) is 56.3 Å². The van der Waals surface area contributed by atoms with Crippen molar-refractivity contribution < 1.29 is 19.1 Å². The SMILES string of the molecule is CCOC(=O)N1CCN(C(=O)CSc2nc(Cl)cc(N3CCOCC3)n2)CC1. The Morgan fingerprint density at radius 3 is 2.50 bits per heavy atom. The number of rotatable bonds is 5. The number of carbonyl (C=O) groups excluding carboxylic acids is 2. The molecule has 1 aromatic heterocycles. The van der Waals surface area contributed by atoms with E-state index in [-0.39, 0.29) is 17.8 Å². The normalized spacial score (nSPS) is 17.6. The number of hydrogen-bond acceptors (Lipinski definition) is 8. The first kappa shape index (κ1) is 20.9.